The highest BCUT2D eigenvalue weighted by Crippen LogP contribution is 2.27. The lowest BCUT2D eigenvalue weighted by Crippen LogP contribution is -2.08. The molecule has 0 unspecified atom stereocenters. The van der Waals surface area contributed by atoms with Crippen LogP contribution in [0.25, 0.3) is 10.2 Å². The summed E-state index contributed by atoms with van der Waals surface area (Å²) in [6, 6.07) is 7.63. The second-order valence-electron chi connectivity index (χ2n) is 2.58. The first-order valence-electron chi connectivity index (χ1n) is 3.96. The van der Waals surface area contributed by atoms with Gasteiger partial charge >= 0.3 is 5.97 Å². The van der Waals surface area contributed by atoms with Crippen molar-refractivity contribution < 1.29 is 9.53 Å². The monoisotopic (exact) mass is 225 g/mol. The van der Waals surface area contributed by atoms with Crippen molar-refractivity contribution in [3.05, 3.63) is 24.3 Å². The van der Waals surface area contributed by atoms with E-state index in [1.807, 2.05) is 24.3 Å². The number of esters is 1. The molecule has 14 heavy (non-hydrogen) atoms. The molecule has 0 amide bonds. The zero-order chi connectivity index (χ0) is 9.97. The number of hydrogen-bond donors (Lipinski definition) is 1. The van der Waals surface area contributed by atoms with Crippen molar-refractivity contribution >= 4 is 40.2 Å². The molecule has 0 radical (unpaired) electrons. The first-order chi connectivity index (χ1) is 6.79. The molecule has 1 aromatic heterocycles. The maximum atomic E-state index is 10.9. The van der Waals surface area contributed by atoms with E-state index in [1.54, 1.807) is 0 Å². The molecule has 0 atom stereocenters. The average molecular weight is 225 g/mol. The third-order valence-electron chi connectivity index (χ3n) is 1.60. The molecule has 0 spiro atoms. The Morgan fingerprint density at radius 1 is 1.50 bits per heavy atom. The minimum absolute atomic E-state index is 0.0654. The van der Waals surface area contributed by atoms with Gasteiger partial charge in [-0.05, 0) is 12.1 Å². The van der Waals surface area contributed by atoms with Crippen LogP contribution in [-0.2, 0) is 4.79 Å². The fourth-order valence-corrected chi connectivity index (χ4v) is 1.92. The number of ether oxygens (including phenoxy) is 1. The van der Waals surface area contributed by atoms with Gasteiger partial charge in [0.25, 0.3) is 5.19 Å². The van der Waals surface area contributed by atoms with Gasteiger partial charge in [-0.25, -0.2) is 4.98 Å². The van der Waals surface area contributed by atoms with Crippen molar-refractivity contribution in [2.75, 3.05) is 5.75 Å². The van der Waals surface area contributed by atoms with E-state index in [-0.39, 0.29) is 11.7 Å². The van der Waals surface area contributed by atoms with Gasteiger partial charge in [0.15, 0.2) is 0 Å². The molecule has 0 saturated carbocycles. The van der Waals surface area contributed by atoms with E-state index >= 15 is 0 Å². The quantitative estimate of drug-likeness (QED) is 0.628. The molecule has 0 bridgehead atoms. The van der Waals surface area contributed by atoms with Crippen molar-refractivity contribution in [2.45, 2.75) is 0 Å². The van der Waals surface area contributed by atoms with Crippen LogP contribution < -0.4 is 4.74 Å². The van der Waals surface area contributed by atoms with Crippen LogP contribution in [0.3, 0.4) is 0 Å². The number of carbonyl (C=O) groups is 1. The average Bonchev–Trinajstić information content (AvgIpc) is 2.59. The lowest BCUT2D eigenvalue weighted by Gasteiger charge is -1.93. The Morgan fingerprint density at radius 3 is 3.00 bits per heavy atom. The van der Waals surface area contributed by atoms with Crippen molar-refractivity contribution in [2.24, 2.45) is 0 Å². The molecule has 1 aromatic carbocycles. The number of nitrogens with zero attached hydrogens (tertiary/aromatic N) is 1. The first-order valence-corrected chi connectivity index (χ1v) is 5.41. The first kappa shape index (κ1) is 9.48. The van der Waals surface area contributed by atoms with Crippen LogP contribution in [0.5, 0.6) is 5.19 Å². The summed E-state index contributed by atoms with van der Waals surface area (Å²) in [5.41, 5.74) is 0.847. The molecule has 5 heteroatoms. The number of benzene rings is 1. The van der Waals surface area contributed by atoms with E-state index in [1.165, 1.54) is 11.3 Å². The zero-order valence-electron chi connectivity index (χ0n) is 7.14. The van der Waals surface area contributed by atoms with Gasteiger partial charge in [0, 0.05) is 0 Å². The predicted octanol–water partition coefficient (Wildman–Crippen LogP) is 2.13. The standard InChI is InChI=1S/C9H7NO2S2/c11-8(5-13)12-9-10-6-3-1-2-4-7(6)14-9/h1-4,13H,5H2. The highest BCUT2D eigenvalue weighted by atomic mass is 32.1. The third-order valence-corrected chi connectivity index (χ3v) is 2.78. The smallest absolute Gasteiger partial charge is 0.322 e. The van der Waals surface area contributed by atoms with E-state index in [9.17, 15) is 4.79 Å². The Labute approximate surface area is 90.1 Å². The molecule has 0 saturated heterocycles. The van der Waals surface area contributed by atoms with Gasteiger partial charge in [-0.2, -0.15) is 12.6 Å². The number of thiazole rings is 1. The van der Waals surface area contributed by atoms with E-state index in [0.717, 1.165) is 10.2 Å². The van der Waals surface area contributed by atoms with Crippen molar-refractivity contribution in [1.82, 2.24) is 4.98 Å². The fourth-order valence-electron chi connectivity index (χ4n) is 1.02. The van der Waals surface area contributed by atoms with Crippen molar-refractivity contribution in [3.63, 3.8) is 0 Å². The summed E-state index contributed by atoms with van der Waals surface area (Å²) >= 11 is 5.16. The molecule has 0 N–H and O–H groups in total. The van der Waals surface area contributed by atoms with Crippen molar-refractivity contribution in [1.29, 1.82) is 0 Å². The van der Waals surface area contributed by atoms with Gasteiger partial charge < -0.3 is 4.74 Å². The summed E-state index contributed by atoms with van der Waals surface area (Å²) in [5.74, 6) is -0.317. The molecular formula is C9H7NO2S2. The van der Waals surface area contributed by atoms with Crippen LogP contribution in [0.1, 0.15) is 0 Å². The number of hydrogen-bond acceptors (Lipinski definition) is 5. The minimum atomic E-state index is -0.382. The molecule has 2 rings (SSSR count). The molecular weight excluding hydrogens is 218 g/mol. The molecule has 2 aromatic rings. The molecule has 0 aliphatic heterocycles. The maximum Gasteiger partial charge on any atom is 0.322 e. The highest BCUT2D eigenvalue weighted by molar-refractivity contribution is 7.81. The van der Waals surface area contributed by atoms with E-state index in [0.29, 0.717) is 5.19 Å². The lowest BCUT2D eigenvalue weighted by molar-refractivity contribution is -0.131. The maximum absolute atomic E-state index is 10.9. The summed E-state index contributed by atoms with van der Waals surface area (Å²) < 4.78 is 5.95. The summed E-state index contributed by atoms with van der Waals surface area (Å²) in [6.45, 7) is 0. The number of rotatable bonds is 2. The number of para-hydroxylation sites is 1. The van der Waals surface area contributed by atoms with E-state index in [2.05, 4.69) is 17.6 Å². The largest absolute Gasteiger partial charge is 0.397 e. The Kier molecular flexibility index (Phi) is 2.69. The van der Waals surface area contributed by atoms with Gasteiger partial charge in [-0.3, -0.25) is 4.79 Å². The molecule has 0 aliphatic rings. The molecule has 1 heterocycles. The molecule has 0 fully saturated rings. The third kappa shape index (κ3) is 1.88. The second kappa shape index (κ2) is 3.98. The van der Waals surface area contributed by atoms with Crippen LogP contribution in [0.15, 0.2) is 24.3 Å². The van der Waals surface area contributed by atoms with Gasteiger partial charge in [-0.15, -0.1) is 0 Å². The summed E-state index contributed by atoms with van der Waals surface area (Å²) in [7, 11) is 0. The summed E-state index contributed by atoms with van der Waals surface area (Å²) in [4.78, 5) is 15.1. The van der Waals surface area contributed by atoms with Crippen LogP contribution in [-0.4, -0.2) is 16.7 Å². The second-order valence-corrected chi connectivity index (χ2v) is 3.89. The van der Waals surface area contributed by atoms with Crippen LogP contribution in [0.2, 0.25) is 0 Å². The minimum Gasteiger partial charge on any atom is -0.397 e. The number of aromatic nitrogens is 1. The Morgan fingerprint density at radius 2 is 2.29 bits per heavy atom. The van der Waals surface area contributed by atoms with Gasteiger partial charge in [0.2, 0.25) is 0 Å². The topological polar surface area (TPSA) is 39.2 Å². The predicted molar refractivity (Wildman–Crippen MR) is 59.1 cm³/mol. The van der Waals surface area contributed by atoms with Crippen LogP contribution in [0.4, 0.5) is 0 Å². The van der Waals surface area contributed by atoms with Crippen LogP contribution >= 0.6 is 24.0 Å². The SMILES string of the molecule is O=C(CS)Oc1nc2ccccc2s1. The fraction of sp³-hybridized carbons (Fsp3) is 0.111. The molecule has 3 nitrogen and oxygen atoms in total. The zero-order valence-corrected chi connectivity index (χ0v) is 8.85. The van der Waals surface area contributed by atoms with Gasteiger partial charge in [-0.1, -0.05) is 23.5 Å². The van der Waals surface area contributed by atoms with Gasteiger partial charge in [0.1, 0.15) is 0 Å². The Hall–Kier alpha value is -1.07. The van der Waals surface area contributed by atoms with E-state index in [4.69, 9.17) is 4.74 Å². The number of carbonyl (C=O) groups excluding carboxylic acids is 1. The van der Waals surface area contributed by atoms with Crippen molar-refractivity contribution in [3.8, 4) is 5.19 Å². The van der Waals surface area contributed by atoms with Crippen LogP contribution in [0, 0.1) is 0 Å². The number of fused-ring (bicyclic) bond motifs is 1. The Balaban J connectivity index is 2.31. The summed E-state index contributed by atoms with van der Waals surface area (Å²) in [6.07, 6.45) is 0. The molecule has 0 aliphatic carbocycles. The van der Waals surface area contributed by atoms with E-state index < -0.39 is 0 Å². The molecule has 72 valence electrons. The highest BCUT2D eigenvalue weighted by Gasteiger charge is 2.07. The normalized spacial score (nSPS) is 10.4. The summed E-state index contributed by atoms with van der Waals surface area (Å²) in [5, 5.41) is 0.380. The van der Waals surface area contributed by atoms with Gasteiger partial charge in [0.05, 0.1) is 16.0 Å². The Bertz CT molecular complexity index is 434. The number of thiol groups is 1. The lowest BCUT2D eigenvalue weighted by atomic mass is 10.3.